The molecule has 23 heavy (non-hydrogen) atoms. The van der Waals surface area contributed by atoms with Crippen LogP contribution < -0.4 is 10.9 Å². The summed E-state index contributed by atoms with van der Waals surface area (Å²) in [6.45, 7) is 8.43. The molecule has 2 N–H and O–H groups in total. The third-order valence-electron chi connectivity index (χ3n) is 3.91. The largest absolute Gasteiger partial charge is 0.318 e. The smallest absolute Gasteiger partial charge is 0.273 e. The summed E-state index contributed by atoms with van der Waals surface area (Å²) >= 11 is 1.51. The first-order valence-electron chi connectivity index (χ1n) is 7.57. The normalized spacial score (nSPS) is 15.3. The fourth-order valence-corrected chi connectivity index (χ4v) is 3.59. The standard InChI is InChI=1S/C16H20N4O2S/c1-16(2,3)20-8-7-10-12(9-20)23-15(18-10)19-14(22)11-5-4-6-13(21)17-11/h4-6H,7-9H2,1-3H3,(H,17,21)(H,18,19,22). The second kappa shape index (κ2) is 5.90. The van der Waals surface area contributed by atoms with E-state index in [-0.39, 0.29) is 22.7 Å². The number of H-pyrrole nitrogens is 1. The summed E-state index contributed by atoms with van der Waals surface area (Å²) in [5.74, 6) is -0.346. The van der Waals surface area contributed by atoms with Gasteiger partial charge in [-0.2, -0.15) is 0 Å². The zero-order valence-corrected chi connectivity index (χ0v) is 14.3. The molecule has 0 unspecified atom stereocenters. The van der Waals surface area contributed by atoms with Crippen molar-refractivity contribution in [3.05, 3.63) is 44.8 Å². The number of pyridine rings is 1. The number of fused-ring (bicyclic) bond motifs is 1. The van der Waals surface area contributed by atoms with E-state index in [0.717, 1.165) is 25.2 Å². The summed E-state index contributed by atoms with van der Waals surface area (Å²) < 4.78 is 0. The van der Waals surface area contributed by atoms with E-state index in [4.69, 9.17) is 0 Å². The average molecular weight is 332 g/mol. The Labute approximate surface area is 138 Å². The molecule has 3 heterocycles. The molecule has 0 atom stereocenters. The maximum Gasteiger partial charge on any atom is 0.273 e. The van der Waals surface area contributed by atoms with Gasteiger partial charge in [-0.1, -0.05) is 6.07 Å². The Balaban J connectivity index is 1.75. The van der Waals surface area contributed by atoms with Crippen LogP contribution in [0.3, 0.4) is 0 Å². The van der Waals surface area contributed by atoms with Crippen molar-refractivity contribution in [1.29, 1.82) is 0 Å². The minimum Gasteiger partial charge on any atom is -0.318 e. The lowest BCUT2D eigenvalue weighted by molar-refractivity contribution is 0.102. The lowest BCUT2D eigenvalue weighted by Gasteiger charge is -2.37. The molecule has 122 valence electrons. The van der Waals surface area contributed by atoms with Gasteiger partial charge in [0.2, 0.25) is 5.56 Å². The number of aromatic nitrogens is 2. The van der Waals surface area contributed by atoms with Gasteiger partial charge in [-0.05, 0) is 26.8 Å². The summed E-state index contributed by atoms with van der Waals surface area (Å²) in [7, 11) is 0. The zero-order chi connectivity index (χ0) is 16.6. The maximum absolute atomic E-state index is 12.2. The minimum absolute atomic E-state index is 0.120. The van der Waals surface area contributed by atoms with E-state index in [1.165, 1.54) is 22.3 Å². The van der Waals surface area contributed by atoms with Gasteiger partial charge in [0, 0.05) is 36.0 Å². The van der Waals surface area contributed by atoms with Crippen LogP contribution in [0.2, 0.25) is 0 Å². The minimum atomic E-state index is -0.346. The fourth-order valence-electron chi connectivity index (χ4n) is 2.57. The Morgan fingerprint density at radius 1 is 1.39 bits per heavy atom. The Bertz CT molecular complexity index is 788. The van der Waals surface area contributed by atoms with Gasteiger partial charge in [0.15, 0.2) is 5.13 Å². The zero-order valence-electron chi connectivity index (χ0n) is 13.5. The number of rotatable bonds is 2. The van der Waals surface area contributed by atoms with E-state index in [9.17, 15) is 9.59 Å². The van der Waals surface area contributed by atoms with Crippen molar-refractivity contribution in [2.45, 2.75) is 39.3 Å². The molecule has 0 saturated carbocycles. The number of nitrogens with zero attached hydrogens (tertiary/aromatic N) is 2. The van der Waals surface area contributed by atoms with Crippen LogP contribution in [0.5, 0.6) is 0 Å². The summed E-state index contributed by atoms with van der Waals surface area (Å²) in [6.07, 6.45) is 0.890. The van der Waals surface area contributed by atoms with Crippen LogP contribution in [0.1, 0.15) is 41.8 Å². The predicted octanol–water partition coefficient (Wildman–Crippen LogP) is 2.24. The van der Waals surface area contributed by atoms with Crippen LogP contribution in [0, 0.1) is 0 Å². The third kappa shape index (κ3) is 3.51. The first kappa shape index (κ1) is 15.9. The van der Waals surface area contributed by atoms with Gasteiger partial charge in [-0.3, -0.25) is 19.8 Å². The van der Waals surface area contributed by atoms with Crippen molar-refractivity contribution in [2.75, 3.05) is 11.9 Å². The third-order valence-corrected chi connectivity index (χ3v) is 4.91. The van der Waals surface area contributed by atoms with Crippen LogP contribution in [-0.4, -0.2) is 32.9 Å². The van der Waals surface area contributed by atoms with Crippen LogP contribution >= 0.6 is 11.3 Å². The molecule has 6 nitrogen and oxygen atoms in total. The topological polar surface area (TPSA) is 78.1 Å². The highest BCUT2D eigenvalue weighted by Crippen LogP contribution is 2.31. The first-order chi connectivity index (χ1) is 10.8. The molecule has 0 radical (unpaired) electrons. The van der Waals surface area contributed by atoms with Gasteiger partial charge >= 0.3 is 0 Å². The SMILES string of the molecule is CC(C)(C)N1CCc2nc(NC(=O)c3cccc(=O)[nH]3)sc2C1. The lowest BCUT2D eigenvalue weighted by atomic mass is 10.0. The average Bonchev–Trinajstić information content (AvgIpc) is 2.87. The number of nitrogens with one attached hydrogen (secondary N) is 2. The number of hydrogen-bond acceptors (Lipinski definition) is 5. The number of thiazole rings is 1. The van der Waals surface area contributed by atoms with Gasteiger partial charge in [0.1, 0.15) is 5.69 Å². The number of amides is 1. The highest BCUT2D eigenvalue weighted by atomic mass is 32.1. The highest BCUT2D eigenvalue weighted by molar-refractivity contribution is 7.15. The second-order valence-electron chi connectivity index (χ2n) is 6.61. The van der Waals surface area contributed by atoms with Gasteiger partial charge in [0.05, 0.1) is 5.69 Å². The molecule has 1 amide bonds. The van der Waals surface area contributed by atoms with E-state index in [1.807, 2.05) is 0 Å². The Morgan fingerprint density at radius 3 is 2.87 bits per heavy atom. The van der Waals surface area contributed by atoms with E-state index in [2.05, 4.69) is 41.0 Å². The van der Waals surface area contributed by atoms with Crippen molar-refractivity contribution < 1.29 is 4.79 Å². The molecule has 0 saturated heterocycles. The highest BCUT2D eigenvalue weighted by Gasteiger charge is 2.28. The van der Waals surface area contributed by atoms with E-state index in [1.54, 1.807) is 12.1 Å². The van der Waals surface area contributed by atoms with Crippen molar-refractivity contribution in [2.24, 2.45) is 0 Å². The molecule has 2 aromatic heterocycles. The molecular formula is C16H20N4O2S. The fraction of sp³-hybridized carbons (Fsp3) is 0.438. The quantitative estimate of drug-likeness (QED) is 0.884. The molecule has 1 aliphatic heterocycles. The number of hydrogen-bond donors (Lipinski definition) is 2. The van der Waals surface area contributed by atoms with Gasteiger partial charge in [0.25, 0.3) is 5.91 Å². The Hall–Kier alpha value is -1.99. The van der Waals surface area contributed by atoms with E-state index in [0.29, 0.717) is 5.13 Å². The van der Waals surface area contributed by atoms with Crippen molar-refractivity contribution >= 4 is 22.4 Å². The van der Waals surface area contributed by atoms with Crippen molar-refractivity contribution in [1.82, 2.24) is 14.9 Å². The molecule has 7 heteroatoms. The molecule has 0 spiro atoms. The van der Waals surface area contributed by atoms with E-state index < -0.39 is 0 Å². The van der Waals surface area contributed by atoms with Gasteiger partial charge in [-0.15, -0.1) is 11.3 Å². The number of anilines is 1. The summed E-state index contributed by atoms with van der Waals surface area (Å²) in [4.78, 5) is 34.1. The molecule has 2 aromatic rings. The molecular weight excluding hydrogens is 312 g/mol. The number of aromatic amines is 1. The van der Waals surface area contributed by atoms with Crippen LogP contribution in [0.4, 0.5) is 5.13 Å². The number of carbonyl (C=O) groups excluding carboxylic acids is 1. The Kier molecular flexibility index (Phi) is 4.08. The molecule has 0 bridgehead atoms. The van der Waals surface area contributed by atoms with Crippen LogP contribution in [0.15, 0.2) is 23.0 Å². The van der Waals surface area contributed by atoms with Crippen LogP contribution in [0.25, 0.3) is 0 Å². The summed E-state index contributed by atoms with van der Waals surface area (Å²) in [5.41, 5.74) is 1.13. The number of carbonyl (C=O) groups is 1. The molecule has 0 aliphatic carbocycles. The molecule has 3 rings (SSSR count). The monoisotopic (exact) mass is 332 g/mol. The lowest BCUT2D eigenvalue weighted by Crippen LogP contribution is -2.43. The van der Waals surface area contributed by atoms with Crippen molar-refractivity contribution in [3.8, 4) is 0 Å². The Morgan fingerprint density at radius 2 is 2.17 bits per heavy atom. The summed E-state index contributed by atoms with van der Waals surface area (Å²) in [5, 5.41) is 3.36. The summed E-state index contributed by atoms with van der Waals surface area (Å²) in [6, 6.07) is 4.51. The molecule has 0 aromatic carbocycles. The van der Waals surface area contributed by atoms with Crippen molar-refractivity contribution in [3.63, 3.8) is 0 Å². The molecule has 0 fully saturated rings. The van der Waals surface area contributed by atoms with E-state index >= 15 is 0 Å². The van der Waals surface area contributed by atoms with Crippen LogP contribution in [-0.2, 0) is 13.0 Å². The maximum atomic E-state index is 12.2. The van der Waals surface area contributed by atoms with Gasteiger partial charge < -0.3 is 4.98 Å². The first-order valence-corrected chi connectivity index (χ1v) is 8.39. The molecule has 1 aliphatic rings. The second-order valence-corrected chi connectivity index (χ2v) is 7.70. The van der Waals surface area contributed by atoms with Gasteiger partial charge in [-0.25, -0.2) is 4.98 Å². The predicted molar refractivity (Wildman–Crippen MR) is 91.0 cm³/mol.